The second-order valence-corrected chi connectivity index (χ2v) is 14.3. The number of aryl methyl sites for hydroxylation is 2. The SMILES string of the molecule is Cc1ncnc(C(=O)N2CCN(/C(C=O)=C3\C(C)CCN3c3nc(-c4ccc5c(c4)COC5(C)C)nn3C)CC2)c1O.Nc1ccc(C(F)(F)F)cc1Cl. The van der Waals surface area contributed by atoms with Crippen LogP contribution in [0, 0.1) is 12.8 Å². The van der Waals surface area contributed by atoms with Gasteiger partial charge in [0, 0.05) is 51.3 Å². The lowest BCUT2D eigenvalue weighted by Crippen LogP contribution is -2.49. The van der Waals surface area contributed by atoms with Gasteiger partial charge >= 0.3 is 6.18 Å². The molecule has 2 saturated heterocycles. The van der Waals surface area contributed by atoms with E-state index in [0.717, 1.165) is 54.3 Å². The second kappa shape index (κ2) is 14.9. The predicted octanol–water partition coefficient (Wildman–Crippen LogP) is 5.71. The number of nitrogen functional groups attached to an aromatic ring is 1. The monoisotopic (exact) mass is 767 g/mol. The number of nitrogens with zero attached hydrogens (tertiary/aromatic N) is 8. The van der Waals surface area contributed by atoms with Crippen LogP contribution in [0.5, 0.6) is 5.75 Å². The summed E-state index contributed by atoms with van der Waals surface area (Å²) < 4.78 is 43.7. The summed E-state index contributed by atoms with van der Waals surface area (Å²) in [5.41, 5.74) is 9.42. The smallest absolute Gasteiger partial charge is 0.416 e. The summed E-state index contributed by atoms with van der Waals surface area (Å²) in [6.07, 6.45) is -1.29. The zero-order valence-electron chi connectivity index (χ0n) is 30.5. The molecule has 4 aromatic rings. The maximum atomic E-state index is 13.1. The highest BCUT2D eigenvalue weighted by molar-refractivity contribution is 6.33. The Morgan fingerprint density at radius 1 is 1.07 bits per heavy atom. The summed E-state index contributed by atoms with van der Waals surface area (Å²) in [5.74, 6) is 0.912. The van der Waals surface area contributed by atoms with Crippen molar-refractivity contribution < 1.29 is 32.6 Å². The second-order valence-electron chi connectivity index (χ2n) is 13.9. The lowest BCUT2D eigenvalue weighted by Gasteiger charge is -2.37. The molecular formula is C37H41ClF3N9O4. The Morgan fingerprint density at radius 3 is 2.44 bits per heavy atom. The van der Waals surface area contributed by atoms with E-state index < -0.39 is 11.7 Å². The molecule has 13 nitrogen and oxygen atoms in total. The van der Waals surface area contributed by atoms with Crippen molar-refractivity contribution in [3.8, 4) is 17.1 Å². The fourth-order valence-corrected chi connectivity index (χ4v) is 7.06. The molecule has 7 rings (SSSR count). The van der Waals surface area contributed by atoms with Gasteiger partial charge in [-0.2, -0.15) is 18.2 Å². The highest BCUT2D eigenvalue weighted by Gasteiger charge is 2.36. The molecule has 0 radical (unpaired) electrons. The number of hydrogen-bond acceptors (Lipinski definition) is 11. The molecule has 1 unspecified atom stereocenters. The number of ether oxygens (including phenoxy) is 1. The van der Waals surface area contributed by atoms with Crippen molar-refractivity contribution in [2.75, 3.05) is 43.4 Å². The minimum Gasteiger partial charge on any atom is -0.504 e. The van der Waals surface area contributed by atoms with Gasteiger partial charge in [0.25, 0.3) is 5.91 Å². The summed E-state index contributed by atoms with van der Waals surface area (Å²) in [5, 5.41) is 14.9. The Bertz CT molecular complexity index is 2110. The summed E-state index contributed by atoms with van der Waals surface area (Å²) in [4.78, 5) is 44.3. The lowest BCUT2D eigenvalue weighted by molar-refractivity contribution is -0.137. The van der Waals surface area contributed by atoms with Crippen LogP contribution in [0.25, 0.3) is 11.4 Å². The molecule has 17 heteroatoms. The first-order valence-corrected chi connectivity index (χ1v) is 17.7. The predicted molar refractivity (Wildman–Crippen MR) is 195 cm³/mol. The molecule has 0 bridgehead atoms. The molecule has 54 heavy (non-hydrogen) atoms. The number of allylic oxidation sites excluding steroid dienone is 2. The molecule has 0 aliphatic carbocycles. The van der Waals surface area contributed by atoms with Crippen LogP contribution in [0.2, 0.25) is 5.02 Å². The average molecular weight is 768 g/mol. The topological polar surface area (TPSA) is 156 Å². The number of aromatic nitrogens is 5. The maximum Gasteiger partial charge on any atom is 0.416 e. The van der Waals surface area contributed by atoms with Gasteiger partial charge in [-0.3, -0.25) is 9.59 Å². The zero-order chi connectivity index (χ0) is 39.1. The van der Waals surface area contributed by atoms with E-state index in [4.69, 9.17) is 32.2 Å². The third kappa shape index (κ3) is 7.57. The van der Waals surface area contributed by atoms with Gasteiger partial charge in [-0.15, -0.1) is 5.10 Å². The summed E-state index contributed by atoms with van der Waals surface area (Å²) in [6.45, 7) is 10.9. The molecule has 3 aliphatic rings. The summed E-state index contributed by atoms with van der Waals surface area (Å²) in [7, 11) is 1.88. The normalized spacial score (nSPS) is 19.0. The van der Waals surface area contributed by atoms with Crippen LogP contribution in [0.1, 0.15) is 60.1 Å². The van der Waals surface area contributed by atoms with Gasteiger partial charge in [0.15, 0.2) is 23.6 Å². The van der Waals surface area contributed by atoms with Crippen LogP contribution >= 0.6 is 11.6 Å². The van der Waals surface area contributed by atoms with Crippen molar-refractivity contribution in [1.29, 1.82) is 0 Å². The molecule has 2 aromatic heterocycles. The number of piperazine rings is 1. The molecule has 3 aliphatic heterocycles. The minimum absolute atomic E-state index is 0.00167. The number of fused-ring (bicyclic) bond motifs is 1. The number of halogens is 4. The number of aldehydes is 1. The lowest BCUT2D eigenvalue weighted by atomic mass is 9.94. The number of rotatable bonds is 5. The van der Waals surface area contributed by atoms with Crippen LogP contribution in [-0.2, 0) is 35.0 Å². The average Bonchev–Trinajstić information content (AvgIpc) is 3.80. The number of amides is 1. The Morgan fingerprint density at radius 2 is 1.78 bits per heavy atom. The van der Waals surface area contributed by atoms with E-state index in [-0.39, 0.29) is 39.6 Å². The van der Waals surface area contributed by atoms with Crippen molar-refractivity contribution in [2.45, 2.75) is 52.5 Å². The fourth-order valence-electron chi connectivity index (χ4n) is 6.88. The van der Waals surface area contributed by atoms with Gasteiger partial charge in [0.2, 0.25) is 5.95 Å². The first kappa shape index (κ1) is 38.5. The van der Waals surface area contributed by atoms with Crippen molar-refractivity contribution in [1.82, 2.24) is 34.5 Å². The van der Waals surface area contributed by atoms with Gasteiger partial charge in [-0.25, -0.2) is 14.6 Å². The Balaban J connectivity index is 0.000000354. The number of aromatic hydroxyl groups is 1. The van der Waals surface area contributed by atoms with Gasteiger partial charge in [-0.1, -0.05) is 30.7 Å². The van der Waals surface area contributed by atoms with E-state index in [1.165, 1.54) is 11.9 Å². The van der Waals surface area contributed by atoms with Crippen molar-refractivity contribution in [3.05, 3.63) is 87.2 Å². The van der Waals surface area contributed by atoms with E-state index in [9.17, 15) is 27.9 Å². The molecule has 0 saturated carbocycles. The molecule has 2 aromatic carbocycles. The first-order valence-electron chi connectivity index (χ1n) is 17.3. The first-order chi connectivity index (χ1) is 25.5. The van der Waals surface area contributed by atoms with Crippen LogP contribution in [0.15, 0.2) is 54.1 Å². The number of benzene rings is 2. The third-order valence-corrected chi connectivity index (χ3v) is 10.3. The van der Waals surface area contributed by atoms with Gasteiger partial charge < -0.3 is 30.3 Å². The number of carbonyl (C=O) groups excluding carboxylic acids is 2. The van der Waals surface area contributed by atoms with Crippen LogP contribution in [0.3, 0.4) is 0 Å². The number of hydrogen-bond donors (Lipinski definition) is 2. The molecule has 2 fully saturated rings. The molecule has 3 N–H and O–H groups in total. The Kier molecular flexibility index (Phi) is 10.6. The van der Waals surface area contributed by atoms with E-state index >= 15 is 0 Å². The number of nitrogens with two attached hydrogens (primary N) is 1. The largest absolute Gasteiger partial charge is 0.504 e. The molecule has 1 amide bonds. The summed E-state index contributed by atoms with van der Waals surface area (Å²) in [6, 6.07) is 9.06. The van der Waals surface area contributed by atoms with Crippen molar-refractivity contribution in [3.63, 3.8) is 0 Å². The molecule has 5 heterocycles. The quantitative estimate of drug-likeness (QED) is 0.146. The van der Waals surface area contributed by atoms with Crippen LogP contribution < -0.4 is 10.6 Å². The fraction of sp³-hybridized carbons (Fsp3) is 0.405. The number of carbonyl (C=O) groups is 2. The maximum absolute atomic E-state index is 13.1. The molecule has 1 atom stereocenters. The highest BCUT2D eigenvalue weighted by Crippen LogP contribution is 2.39. The van der Waals surface area contributed by atoms with E-state index in [1.807, 2.05) is 18.0 Å². The van der Waals surface area contributed by atoms with Gasteiger partial charge in [0.05, 0.1) is 45.6 Å². The van der Waals surface area contributed by atoms with Gasteiger partial charge in [-0.05, 0) is 62.6 Å². The molecular weight excluding hydrogens is 727 g/mol. The number of anilines is 2. The molecule has 286 valence electrons. The van der Waals surface area contributed by atoms with Crippen molar-refractivity contribution in [2.24, 2.45) is 13.0 Å². The highest BCUT2D eigenvalue weighted by atomic mass is 35.5. The van der Waals surface area contributed by atoms with E-state index in [1.54, 1.807) is 16.5 Å². The Hall–Kier alpha value is -5.22. The molecule has 0 spiro atoms. The zero-order valence-corrected chi connectivity index (χ0v) is 31.2. The van der Waals surface area contributed by atoms with Crippen molar-refractivity contribution >= 4 is 35.4 Å². The van der Waals surface area contributed by atoms with Crippen LogP contribution in [0.4, 0.5) is 24.8 Å². The number of alkyl halides is 3. The third-order valence-electron chi connectivity index (χ3n) is 9.94. The summed E-state index contributed by atoms with van der Waals surface area (Å²) >= 11 is 5.39. The standard InChI is InChI=1S/C30H36N8O4.C7H5ClF3N/c1-18-8-9-38(29-33-27(34-35(29)5)20-6-7-22-21(14-20)16-42-30(22,3)4)25(18)23(15-39)36-10-12-37(13-11-36)28(41)24-26(40)19(2)31-17-32-24;8-5-3-4(7(9,10)11)1-2-6(5)12/h6-7,14-15,17-18,40H,8-13,16H2,1-5H3;1-3H,12H2/b25-23+;. The van der Waals surface area contributed by atoms with E-state index in [0.29, 0.717) is 55.9 Å². The Labute approximate surface area is 315 Å². The van der Waals surface area contributed by atoms with Crippen LogP contribution in [-0.4, -0.2) is 84.6 Å². The van der Waals surface area contributed by atoms with Gasteiger partial charge in [0.1, 0.15) is 6.33 Å². The minimum atomic E-state index is -4.36. The van der Waals surface area contributed by atoms with E-state index in [2.05, 4.69) is 47.8 Å².